The van der Waals surface area contributed by atoms with Gasteiger partial charge >= 0.3 is 0 Å². The van der Waals surface area contributed by atoms with Crippen LogP contribution >= 0.6 is 0 Å². The van der Waals surface area contributed by atoms with Gasteiger partial charge in [-0.25, -0.2) is 0 Å². The zero-order valence-electron chi connectivity index (χ0n) is 10.9. The predicted molar refractivity (Wildman–Crippen MR) is 67.2 cm³/mol. The van der Waals surface area contributed by atoms with Crippen LogP contribution in [0.3, 0.4) is 0 Å². The molecule has 2 unspecified atom stereocenters. The lowest BCUT2D eigenvalue weighted by Crippen LogP contribution is -2.42. The van der Waals surface area contributed by atoms with Gasteiger partial charge in [-0.05, 0) is 39.3 Å². The van der Waals surface area contributed by atoms with Crippen molar-refractivity contribution >= 4 is 0 Å². The number of nitrogens with zero attached hydrogens (tertiary/aromatic N) is 1. The highest BCUT2D eigenvalue weighted by molar-refractivity contribution is 4.79. The summed E-state index contributed by atoms with van der Waals surface area (Å²) in [6, 6.07) is 1.37. The Morgan fingerprint density at radius 1 is 1.20 bits per heavy atom. The Labute approximate surface area is 95.4 Å². The third-order valence-corrected chi connectivity index (χ3v) is 3.58. The van der Waals surface area contributed by atoms with Crippen LogP contribution in [0.15, 0.2) is 0 Å². The number of likely N-dealkylation sites (N-methyl/N-ethyl adjacent to an activating group) is 1. The van der Waals surface area contributed by atoms with E-state index in [-0.39, 0.29) is 0 Å². The van der Waals surface area contributed by atoms with Crippen molar-refractivity contribution < 1.29 is 0 Å². The van der Waals surface area contributed by atoms with Gasteiger partial charge in [0.15, 0.2) is 0 Å². The molecule has 0 aromatic carbocycles. The highest BCUT2D eigenvalue weighted by Gasteiger charge is 2.23. The Morgan fingerprint density at radius 2 is 1.80 bits per heavy atom. The van der Waals surface area contributed by atoms with Gasteiger partial charge in [-0.2, -0.15) is 0 Å². The predicted octanol–water partition coefficient (Wildman–Crippen LogP) is 2.49. The first kappa shape index (κ1) is 13.0. The Morgan fingerprint density at radius 3 is 2.27 bits per heavy atom. The highest BCUT2D eigenvalue weighted by Crippen LogP contribution is 2.33. The van der Waals surface area contributed by atoms with Crippen LogP contribution in [0, 0.1) is 5.92 Å². The molecule has 1 N–H and O–H groups in total. The Balaban J connectivity index is 2.10. The minimum absolute atomic E-state index is 0.668. The van der Waals surface area contributed by atoms with E-state index >= 15 is 0 Å². The fourth-order valence-electron chi connectivity index (χ4n) is 2.28. The Hall–Kier alpha value is -0.0800. The highest BCUT2D eigenvalue weighted by atomic mass is 15.2. The normalized spacial score (nSPS) is 20.6. The minimum atomic E-state index is 0.668. The average molecular weight is 212 g/mol. The van der Waals surface area contributed by atoms with Crippen LogP contribution in [0.2, 0.25) is 0 Å². The molecule has 2 heteroatoms. The molecule has 1 aliphatic carbocycles. The van der Waals surface area contributed by atoms with Crippen molar-refractivity contribution in [2.45, 2.75) is 59.0 Å². The van der Waals surface area contributed by atoms with Gasteiger partial charge in [0.1, 0.15) is 0 Å². The maximum atomic E-state index is 3.66. The summed E-state index contributed by atoms with van der Waals surface area (Å²) >= 11 is 0. The summed E-state index contributed by atoms with van der Waals surface area (Å²) in [5.41, 5.74) is 0. The lowest BCUT2D eigenvalue weighted by Gasteiger charge is -2.28. The van der Waals surface area contributed by atoms with Crippen molar-refractivity contribution in [2.75, 3.05) is 19.6 Å². The lowest BCUT2D eigenvalue weighted by atomic mass is 10.1. The Kier molecular flexibility index (Phi) is 5.62. The summed E-state index contributed by atoms with van der Waals surface area (Å²) in [5, 5.41) is 3.66. The van der Waals surface area contributed by atoms with E-state index in [2.05, 4.69) is 37.9 Å². The Bertz CT molecular complexity index is 162. The van der Waals surface area contributed by atoms with E-state index in [1.807, 2.05) is 0 Å². The quantitative estimate of drug-likeness (QED) is 0.665. The van der Waals surface area contributed by atoms with Gasteiger partial charge in [0.25, 0.3) is 0 Å². The smallest absolute Gasteiger partial charge is 0.0192 e. The van der Waals surface area contributed by atoms with Crippen LogP contribution in [0.25, 0.3) is 0 Å². The maximum Gasteiger partial charge on any atom is 0.0192 e. The van der Waals surface area contributed by atoms with E-state index in [0.717, 1.165) is 25.6 Å². The van der Waals surface area contributed by atoms with E-state index in [1.165, 1.54) is 19.3 Å². The molecule has 1 aliphatic rings. The van der Waals surface area contributed by atoms with Crippen LogP contribution in [0.4, 0.5) is 0 Å². The van der Waals surface area contributed by atoms with E-state index in [0.29, 0.717) is 12.1 Å². The van der Waals surface area contributed by atoms with Crippen LogP contribution < -0.4 is 5.32 Å². The molecule has 0 aromatic heterocycles. The molecule has 2 atom stereocenters. The molecule has 0 bridgehead atoms. The minimum Gasteiger partial charge on any atom is -0.313 e. The molecule has 0 saturated heterocycles. The first-order valence-corrected chi connectivity index (χ1v) is 6.64. The van der Waals surface area contributed by atoms with Crippen molar-refractivity contribution in [2.24, 2.45) is 5.92 Å². The van der Waals surface area contributed by atoms with Crippen LogP contribution in [-0.2, 0) is 0 Å². The van der Waals surface area contributed by atoms with Crippen molar-refractivity contribution in [1.82, 2.24) is 10.2 Å². The van der Waals surface area contributed by atoms with Crippen molar-refractivity contribution in [3.8, 4) is 0 Å². The topological polar surface area (TPSA) is 15.3 Å². The van der Waals surface area contributed by atoms with Crippen molar-refractivity contribution in [3.05, 3.63) is 0 Å². The molecule has 1 fully saturated rings. The molecule has 1 saturated carbocycles. The standard InChI is InChI=1S/C13H28N2/c1-5-15(6-2)12(4)10-14-11(3)9-13-7-8-13/h11-14H,5-10H2,1-4H3. The molecule has 0 aromatic rings. The monoisotopic (exact) mass is 212 g/mol. The first-order chi connectivity index (χ1) is 7.17. The van der Waals surface area contributed by atoms with E-state index in [4.69, 9.17) is 0 Å². The third kappa shape index (κ3) is 4.98. The van der Waals surface area contributed by atoms with Crippen molar-refractivity contribution in [3.63, 3.8) is 0 Å². The number of rotatable bonds is 8. The summed E-state index contributed by atoms with van der Waals surface area (Å²) in [4.78, 5) is 2.51. The lowest BCUT2D eigenvalue weighted by molar-refractivity contribution is 0.220. The molecular formula is C13H28N2. The summed E-state index contributed by atoms with van der Waals surface area (Å²) in [6.45, 7) is 12.6. The zero-order chi connectivity index (χ0) is 11.3. The summed E-state index contributed by atoms with van der Waals surface area (Å²) in [7, 11) is 0. The SMILES string of the molecule is CCN(CC)C(C)CNC(C)CC1CC1. The van der Waals surface area contributed by atoms with Gasteiger partial charge < -0.3 is 5.32 Å². The van der Waals surface area contributed by atoms with Gasteiger partial charge in [-0.15, -0.1) is 0 Å². The summed E-state index contributed by atoms with van der Waals surface area (Å²) < 4.78 is 0. The molecule has 0 aliphatic heterocycles. The van der Waals surface area contributed by atoms with Crippen LogP contribution in [0.1, 0.15) is 47.0 Å². The molecule has 0 heterocycles. The third-order valence-electron chi connectivity index (χ3n) is 3.58. The van der Waals surface area contributed by atoms with Gasteiger partial charge in [0, 0.05) is 18.6 Å². The molecular weight excluding hydrogens is 184 g/mol. The second-order valence-electron chi connectivity index (χ2n) is 5.06. The molecule has 0 spiro atoms. The average Bonchev–Trinajstić information content (AvgIpc) is 3.00. The van der Waals surface area contributed by atoms with Gasteiger partial charge in [-0.3, -0.25) is 4.90 Å². The molecule has 15 heavy (non-hydrogen) atoms. The van der Waals surface area contributed by atoms with Gasteiger partial charge in [-0.1, -0.05) is 26.7 Å². The molecule has 1 rings (SSSR count). The number of nitrogens with one attached hydrogen (secondary N) is 1. The van der Waals surface area contributed by atoms with Crippen molar-refractivity contribution in [1.29, 1.82) is 0 Å². The van der Waals surface area contributed by atoms with E-state index in [1.54, 1.807) is 0 Å². The fourth-order valence-corrected chi connectivity index (χ4v) is 2.28. The second kappa shape index (κ2) is 6.49. The largest absolute Gasteiger partial charge is 0.313 e. The number of hydrogen-bond acceptors (Lipinski definition) is 2. The zero-order valence-corrected chi connectivity index (χ0v) is 10.9. The summed E-state index contributed by atoms with van der Waals surface area (Å²) in [6.07, 6.45) is 4.32. The summed E-state index contributed by atoms with van der Waals surface area (Å²) in [5.74, 6) is 1.04. The van der Waals surface area contributed by atoms with E-state index in [9.17, 15) is 0 Å². The van der Waals surface area contributed by atoms with E-state index < -0.39 is 0 Å². The molecule has 90 valence electrons. The first-order valence-electron chi connectivity index (χ1n) is 6.64. The molecule has 0 radical (unpaired) electrons. The maximum absolute atomic E-state index is 3.66. The van der Waals surface area contributed by atoms with Gasteiger partial charge in [0.05, 0.1) is 0 Å². The fraction of sp³-hybridized carbons (Fsp3) is 1.00. The molecule has 2 nitrogen and oxygen atoms in total. The number of hydrogen-bond donors (Lipinski definition) is 1. The second-order valence-corrected chi connectivity index (χ2v) is 5.06. The van der Waals surface area contributed by atoms with Crippen LogP contribution in [-0.4, -0.2) is 36.6 Å². The van der Waals surface area contributed by atoms with Crippen LogP contribution in [0.5, 0.6) is 0 Å². The molecule has 0 amide bonds. The van der Waals surface area contributed by atoms with Gasteiger partial charge in [0.2, 0.25) is 0 Å².